The highest BCUT2D eigenvalue weighted by Crippen LogP contribution is 2.30. The Balaban J connectivity index is 1.75. The van der Waals surface area contributed by atoms with E-state index in [1.165, 1.54) is 12.4 Å². The maximum atomic E-state index is 12.0. The average Bonchev–Trinajstić information content (AvgIpc) is 3.42. The van der Waals surface area contributed by atoms with Gasteiger partial charge >= 0.3 is 0 Å². The van der Waals surface area contributed by atoms with Crippen molar-refractivity contribution in [1.82, 2.24) is 24.3 Å². The number of likely N-dealkylation sites (tertiary alicyclic amines) is 1. The maximum Gasteiger partial charge on any atom is 0.245 e. The molecule has 0 bridgehead atoms. The molecule has 0 unspecified atom stereocenters. The molecule has 158 valence electrons. The number of imidazole rings is 1. The van der Waals surface area contributed by atoms with Crippen LogP contribution in [0.25, 0.3) is 5.65 Å². The maximum absolute atomic E-state index is 12.0. The Morgan fingerprint density at radius 1 is 1.23 bits per heavy atom. The van der Waals surface area contributed by atoms with E-state index in [0.29, 0.717) is 41.6 Å². The van der Waals surface area contributed by atoms with Gasteiger partial charge in [0.25, 0.3) is 0 Å². The lowest BCUT2D eigenvalue weighted by Crippen LogP contribution is -2.26. The monoisotopic (exact) mass is 418 g/mol. The normalized spacial score (nSPS) is 15.4. The third kappa shape index (κ3) is 3.88. The van der Waals surface area contributed by atoms with E-state index in [9.17, 15) is 4.79 Å². The topological polar surface area (TPSA) is 108 Å². The lowest BCUT2D eigenvalue weighted by molar-refractivity contribution is -0.125. The molecule has 2 aromatic heterocycles. The summed E-state index contributed by atoms with van der Waals surface area (Å²) in [6, 6.07) is 5.39. The summed E-state index contributed by atoms with van der Waals surface area (Å²) >= 11 is 0. The first-order valence-corrected chi connectivity index (χ1v) is 9.69. The largest absolute Gasteiger partial charge is 0.497 e. The zero-order valence-corrected chi connectivity index (χ0v) is 17.3. The molecule has 1 fully saturated rings. The first kappa shape index (κ1) is 20.2. The molecule has 9 nitrogen and oxygen atoms in total. The minimum Gasteiger partial charge on any atom is -0.497 e. The molecule has 1 aliphatic rings. The summed E-state index contributed by atoms with van der Waals surface area (Å²) in [5, 5.41) is 0. The van der Waals surface area contributed by atoms with Gasteiger partial charge in [-0.25, -0.2) is 19.4 Å². The van der Waals surface area contributed by atoms with Crippen molar-refractivity contribution in [2.75, 3.05) is 33.0 Å². The van der Waals surface area contributed by atoms with Crippen molar-refractivity contribution >= 4 is 17.5 Å². The van der Waals surface area contributed by atoms with Gasteiger partial charge in [-0.05, 0) is 30.6 Å². The van der Waals surface area contributed by atoms with Crippen LogP contribution in [0.1, 0.15) is 29.4 Å². The number of nitrogens with two attached hydrogens (primary N) is 1. The van der Waals surface area contributed by atoms with Crippen molar-refractivity contribution in [3.05, 3.63) is 54.3 Å². The number of amides is 1. The fraction of sp³-hybridized carbons (Fsp3) is 0.273. The number of ether oxygens (including phenoxy) is 2. The first-order valence-electron chi connectivity index (χ1n) is 9.69. The summed E-state index contributed by atoms with van der Waals surface area (Å²) in [5.41, 5.74) is 8.16. The van der Waals surface area contributed by atoms with Crippen molar-refractivity contribution < 1.29 is 14.3 Å². The average molecular weight is 418 g/mol. The van der Waals surface area contributed by atoms with Crippen LogP contribution in [0, 0.1) is 11.8 Å². The van der Waals surface area contributed by atoms with E-state index < -0.39 is 0 Å². The predicted octanol–water partition coefficient (Wildman–Crippen LogP) is 1.63. The standard InChI is InChI=1S/C22H22N6O3/c1-4-19(29)27-8-7-15(12-27)20-21-24-13-25-22(23)28(21)18(26-20)6-5-14-9-16(30-2)11-17(10-14)31-3/h4,9-11,13,15H,1,7-8,12H2,2-3H3,(H2,23,24,25)/t15-/m0/s1. The third-order valence-corrected chi connectivity index (χ3v) is 5.21. The third-order valence-electron chi connectivity index (χ3n) is 5.21. The number of aromatic nitrogens is 4. The van der Waals surface area contributed by atoms with Gasteiger partial charge in [-0.2, -0.15) is 0 Å². The van der Waals surface area contributed by atoms with Crippen LogP contribution < -0.4 is 15.2 Å². The number of nitrogens with zero attached hydrogens (tertiary/aromatic N) is 5. The molecule has 1 aromatic carbocycles. The van der Waals surface area contributed by atoms with Crippen LogP contribution in [0.5, 0.6) is 11.5 Å². The van der Waals surface area contributed by atoms with Gasteiger partial charge in [0.15, 0.2) is 11.5 Å². The summed E-state index contributed by atoms with van der Waals surface area (Å²) in [5.74, 6) is 8.04. The highest BCUT2D eigenvalue weighted by Gasteiger charge is 2.30. The number of nitrogen functional groups attached to an aromatic ring is 1. The number of anilines is 1. The molecule has 0 saturated carbocycles. The zero-order valence-electron chi connectivity index (χ0n) is 17.3. The van der Waals surface area contributed by atoms with E-state index in [1.807, 2.05) is 12.1 Å². The first-order chi connectivity index (χ1) is 15.0. The summed E-state index contributed by atoms with van der Waals surface area (Å²) in [6.07, 6.45) is 3.50. The van der Waals surface area contributed by atoms with Crippen molar-refractivity contribution in [2.45, 2.75) is 12.3 Å². The number of fused-ring (bicyclic) bond motifs is 1. The molecule has 0 spiro atoms. The van der Waals surface area contributed by atoms with E-state index >= 15 is 0 Å². The summed E-state index contributed by atoms with van der Waals surface area (Å²) < 4.78 is 12.2. The van der Waals surface area contributed by atoms with Crippen molar-refractivity contribution in [3.63, 3.8) is 0 Å². The van der Waals surface area contributed by atoms with E-state index in [2.05, 4.69) is 28.4 Å². The lowest BCUT2D eigenvalue weighted by atomic mass is 10.1. The number of hydrogen-bond acceptors (Lipinski definition) is 7. The van der Waals surface area contributed by atoms with Gasteiger partial charge in [-0.1, -0.05) is 12.5 Å². The van der Waals surface area contributed by atoms with Gasteiger partial charge in [-0.3, -0.25) is 4.79 Å². The van der Waals surface area contributed by atoms with Gasteiger partial charge in [-0.15, -0.1) is 0 Å². The second-order valence-electron chi connectivity index (χ2n) is 7.04. The number of rotatable bonds is 4. The molecule has 1 aliphatic heterocycles. The Kier molecular flexibility index (Phi) is 5.45. The molecule has 0 aliphatic carbocycles. The molecule has 3 aromatic rings. The molecule has 1 amide bonds. The molecular formula is C22H22N6O3. The molecular weight excluding hydrogens is 396 g/mol. The van der Waals surface area contributed by atoms with E-state index in [0.717, 1.165) is 12.1 Å². The van der Waals surface area contributed by atoms with Crippen LogP contribution in [0.15, 0.2) is 37.2 Å². The van der Waals surface area contributed by atoms with E-state index in [-0.39, 0.29) is 17.8 Å². The molecule has 3 heterocycles. The van der Waals surface area contributed by atoms with Crippen LogP contribution in [0.2, 0.25) is 0 Å². The Bertz CT molecular complexity index is 1200. The Morgan fingerprint density at radius 2 is 1.97 bits per heavy atom. The van der Waals surface area contributed by atoms with Crippen LogP contribution in [0.3, 0.4) is 0 Å². The molecule has 2 N–H and O–H groups in total. The SMILES string of the molecule is C=CC(=O)N1CC[C@H](c2nc(C#Cc3cc(OC)cc(OC)c3)n3c(N)ncnc23)C1. The molecule has 1 atom stereocenters. The number of methoxy groups -OCH3 is 2. The number of hydrogen-bond donors (Lipinski definition) is 1. The lowest BCUT2D eigenvalue weighted by Gasteiger charge is -2.13. The minimum absolute atomic E-state index is 0.0284. The van der Waals surface area contributed by atoms with Crippen molar-refractivity contribution in [1.29, 1.82) is 0 Å². The fourth-order valence-electron chi connectivity index (χ4n) is 3.65. The molecule has 0 radical (unpaired) electrons. The quantitative estimate of drug-likeness (QED) is 0.507. The van der Waals surface area contributed by atoms with Gasteiger partial charge in [0.05, 0.1) is 19.9 Å². The van der Waals surface area contributed by atoms with Crippen molar-refractivity contribution in [2.24, 2.45) is 0 Å². The highest BCUT2D eigenvalue weighted by atomic mass is 16.5. The number of carbonyl (C=O) groups excluding carboxylic acids is 1. The minimum atomic E-state index is -0.0906. The predicted molar refractivity (Wildman–Crippen MR) is 115 cm³/mol. The number of benzene rings is 1. The highest BCUT2D eigenvalue weighted by molar-refractivity contribution is 5.87. The Labute approximate surface area is 179 Å². The van der Waals surface area contributed by atoms with E-state index in [4.69, 9.17) is 20.2 Å². The second kappa shape index (κ2) is 8.36. The smallest absolute Gasteiger partial charge is 0.245 e. The molecule has 31 heavy (non-hydrogen) atoms. The molecule has 1 saturated heterocycles. The fourth-order valence-corrected chi connectivity index (χ4v) is 3.65. The van der Waals surface area contributed by atoms with Crippen LogP contribution in [-0.2, 0) is 4.79 Å². The van der Waals surface area contributed by atoms with Gasteiger partial charge in [0.1, 0.15) is 17.8 Å². The molecule has 9 heteroatoms. The second-order valence-corrected chi connectivity index (χ2v) is 7.04. The van der Waals surface area contributed by atoms with E-state index in [1.54, 1.807) is 29.6 Å². The summed E-state index contributed by atoms with van der Waals surface area (Å²) in [6.45, 7) is 4.74. The van der Waals surface area contributed by atoms with Gasteiger partial charge < -0.3 is 20.1 Å². The summed E-state index contributed by atoms with van der Waals surface area (Å²) in [7, 11) is 3.17. The Hall–Kier alpha value is -4.06. The van der Waals surface area contributed by atoms with Crippen LogP contribution >= 0.6 is 0 Å². The van der Waals surface area contributed by atoms with Crippen LogP contribution in [0.4, 0.5) is 5.95 Å². The summed E-state index contributed by atoms with van der Waals surface area (Å²) in [4.78, 5) is 26.9. The van der Waals surface area contributed by atoms with Gasteiger partial charge in [0.2, 0.25) is 11.9 Å². The number of carbonyl (C=O) groups is 1. The van der Waals surface area contributed by atoms with Gasteiger partial charge in [0, 0.05) is 30.6 Å². The molecule has 4 rings (SSSR count). The van der Waals surface area contributed by atoms with Crippen LogP contribution in [-0.4, -0.2) is 57.5 Å². The Morgan fingerprint density at radius 3 is 2.65 bits per heavy atom. The zero-order chi connectivity index (χ0) is 22.0. The van der Waals surface area contributed by atoms with Crippen molar-refractivity contribution in [3.8, 4) is 23.3 Å².